The van der Waals surface area contributed by atoms with Crippen molar-refractivity contribution in [3.63, 3.8) is 0 Å². The number of aryl methyl sites for hydroxylation is 1. The molecule has 2 rings (SSSR count). The van der Waals surface area contributed by atoms with E-state index in [9.17, 15) is 0 Å². The molecule has 2 aromatic rings. The molecule has 2 N–H and O–H groups in total. The van der Waals surface area contributed by atoms with Gasteiger partial charge < -0.3 is 5.73 Å². The van der Waals surface area contributed by atoms with Gasteiger partial charge in [-0.3, -0.25) is 4.98 Å². The highest BCUT2D eigenvalue weighted by atomic mass is 14.8. The SMILES string of the molecule is Cc1nccc2cc(N)ncc12. The van der Waals surface area contributed by atoms with Gasteiger partial charge in [-0.15, -0.1) is 0 Å². The lowest BCUT2D eigenvalue weighted by atomic mass is 10.2. The molecule has 0 aliphatic heterocycles. The predicted molar refractivity (Wildman–Crippen MR) is 48.7 cm³/mol. The molecular weight excluding hydrogens is 150 g/mol. The summed E-state index contributed by atoms with van der Waals surface area (Å²) in [5, 5.41) is 2.15. The molecular formula is C9H9N3. The number of nitrogens with zero attached hydrogens (tertiary/aromatic N) is 2. The second-order valence-corrected chi connectivity index (χ2v) is 2.73. The van der Waals surface area contributed by atoms with E-state index in [-0.39, 0.29) is 0 Å². The number of hydrogen-bond donors (Lipinski definition) is 1. The Bertz CT molecular complexity index is 423. The molecule has 0 aliphatic carbocycles. The van der Waals surface area contributed by atoms with Crippen LogP contribution in [0.2, 0.25) is 0 Å². The maximum Gasteiger partial charge on any atom is 0.123 e. The maximum atomic E-state index is 5.54. The Balaban J connectivity index is 2.86. The van der Waals surface area contributed by atoms with Crippen molar-refractivity contribution in [1.29, 1.82) is 0 Å². The lowest BCUT2D eigenvalue weighted by molar-refractivity contribution is 1.22. The van der Waals surface area contributed by atoms with Crippen LogP contribution in [0.25, 0.3) is 10.8 Å². The van der Waals surface area contributed by atoms with Crippen molar-refractivity contribution in [3.05, 3.63) is 30.2 Å². The number of pyridine rings is 2. The summed E-state index contributed by atoms with van der Waals surface area (Å²) < 4.78 is 0. The fourth-order valence-electron chi connectivity index (χ4n) is 1.23. The number of anilines is 1. The number of nitrogens with two attached hydrogens (primary N) is 1. The fourth-order valence-corrected chi connectivity index (χ4v) is 1.23. The van der Waals surface area contributed by atoms with Crippen LogP contribution in [0.4, 0.5) is 5.82 Å². The van der Waals surface area contributed by atoms with Gasteiger partial charge in [-0.05, 0) is 24.4 Å². The highest BCUT2D eigenvalue weighted by Gasteiger charge is 1.97. The normalized spacial score (nSPS) is 10.4. The molecule has 0 radical (unpaired) electrons. The van der Waals surface area contributed by atoms with E-state index in [4.69, 9.17) is 5.73 Å². The van der Waals surface area contributed by atoms with Gasteiger partial charge in [0.25, 0.3) is 0 Å². The first kappa shape index (κ1) is 7.03. The van der Waals surface area contributed by atoms with Crippen LogP contribution in [0.15, 0.2) is 24.5 Å². The van der Waals surface area contributed by atoms with Crippen molar-refractivity contribution in [2.75, 3.05) is 5.73 Å². The third-order valence-electron chi connectivity index (χ3n) is 1.87. The van der Waals surface area contributed by atoms with Crippen LogP contribution in [0.3, 0.4) is 0 Å². The first-order valence-electron chi connectivity index (χ1n) is 3.74. The molecule has 0 spiro atoms. The molecule has 0 aromatic carbocycles. The molecule has 0 unspecified atom stereocenters. The zero-order valence-electron chi connectivity index (χ0n) is 6.78. The molecule has 3 heteroatoms. The third kappa shape index (κ3) is 0.993. The van der Waals surface area contributed by atoms with Crippen molar-refractivity contribution < 1.29 is 0 Å². The van der Waals surface area contributed by atoms with Gasteiger partial charge in [-0.1, -0.05) is 0 Å². The van der Waals surface area contributed by atoms with Crippen LogP contribution in [0, 0.1) is 6.92 Å². The molecule has 12 heavy (non-hydrogen) atoms. The average Bonchev–Trinajstić information content (AvgIpc) is 2.04. The number of rotatable bonds is 0. The van der Waals surface area contributed by atoms with E-state index < -0.39 is 0 Å². The first-order chi connectivity index (χ1) is 5.77. The number of hydrogen-bond acceptors (Lipinski definition) is 3. The fraction of sp³-hybridized carbons (Fsp3) is 0.111. The summed E-state index contributed by atoms with van der Waals surface area (Å²) in [6.07, 6.45) is 3.53. The average molecular weight is 159 g/mol. The predicted octanol–water partition coefficient (Wildman–Crippen LogP) is 1.52. The summed E-state index contributed by atoms with van der Waals surface area (Å²) in [7, 11) is 0. The lowest BCUT2D eigenvalue weighted by Gasteiger charge is -2.00. The summed E-state index contributed by atoms with van der Waals surface area (Å²) in [6.45, 7) is 1.96. The van der Waals surface area contributed by atoms with E-state index >= 15 is 0 Å². The van der Waals surface area contributed by atoms with Gasteiger partial charge in [0, 0.05) is 23.5 Å². The second kappa shape index (κ2) is 2.44. The minimum Gasteiger partial charge on any atom is -0.384 e. The molecule has 0 bridgehead atoms. The van der Waals surface area contributed by atoms with Gasteiger partial charge in [-0.2, -0.15) is 0 Å². The van der Waals surface area contributed by atoms with Gasteiger partial charge in [0.2, 0.25) is 0 Å². The zero-order chi connectivity index (χ0) is 8.55. The Morgan fingerprint density at radius 1 is 1.33 bits per heavy atom. The van der Waals surface area contributed by atoms with Crippen LogP contribution in [0.5, 0.6) is 0 Å². The molecule has 2 heterocycles. The van der Waals surface area contributed by atoms with Gasteiger partial charge in [0.05, 0.1) is 0 Å². The zero-order valence-corrected chi connectivity index (χ0v) is 6.78. The quantitative estimate of drug-likeness (QED) is 0.634. The van der Waals surface area contributed by atoms with Crippen molar-refractivity contribution >= 4 is 16.6 Å². The minimum absolute atomic E-state index is 0.549. The van der Waals surface area contributed by atoms with Crippen LogP contribution in [0.1, 0.15) is 5.69 Å². The van der Waals surface area contributed by atoms with Gasteiger partial charge in [-0.25, -0.2) is 4.98 Å². The van der Waals surface area contributed by atoms with Gasteiger partial charge in [0.15, 0.2) is 0 Å². The van der Waals surface area contributed by atoms with Crippen LogP contribution in [-0.4, -0.2) is 9.97 Å². The lowest BCUT2D eigenvalue weighted by Crippen LogP contribution is -1.90. The third-order valence-corrected chi connectivity index (χ3v) is 1.87. The summed E-state index contributed by atoms with van der Waals surface area (Å²) >= 11 is 0. The first-order valence-corrected chi connectivity index (χ1v) is 3.74. The van der Waals surface area contributed by atoms with Gasteiger partial charge in [0.1, 0.15) is 5.82 Å². The molecule has 0 amide bonds. The molecule has 0 aliphatic rings. The molecule has 60 valence electrons. The standard InChI is InChI=1S/C9H9N3/c1-6-8-5-12-9(10)4-7(8)2-3-11-6/h2-5H,1H3,(H2,10,12). The topological polar surface area (TPSA) is 51.8 Å². The number of nitrogen functional groups attached to an aromatic ring is 1. The Morgan fingerprint density at radius 2 is 2.17 bits per heavy atom. The van der Waals surface area contributed by atoms with E-state index in [2.05, 4.69) is 9.97 Å². The van der Waals surface area contributed by atoms with Crippen LogP contribution >= 0.6 is 0 Å². The number of fused-ring (bicyclic) bond motifs is 1. The summed E-state index contributed by atoms with van der Waals surface area (Å²) in [5.41, 5.74) is 6.53. The molecule has 0 saturated heterocycles. The Labute approximate surface area is 70.3 Å². The molecule has 0 atom stereocenters. The van der Waals surface area contributed by atoms with Crippen molar-refractivity contribution in [1.82, 2.24) is 9.97 Å². The molecule has 2 aromatic heterocycles. The largest absolute Gasteiger partial charge is 0.384 e. The van der Waals surface area contributed by atoms with Crippen molar-refractivity contribution in [2.24, 2.45) is 0 Å². The highest BCUT2D eigenvalue weighted by Crippen LogP contribution is 2.16. The molecule has 0 saturated carbocycles. The summed E-state index contributed by atoms with van der Waals surface area (Å²) in [5.74, 6) is 0.549. The Hall–Kier alpha value is -1.64. The number of aromatic nitrogens is 2. The summed E-state index contributed by atoms with van der Waals surface area (Å²) in [6, 6.07) is 3.78. The minimum atomic E-state index is 0.549. The monoisotopic (exact) mass is 159 g/mol. The Kier molecular flexibility index (Phi) is 1.43. The van der Waals surface area contributed by atoms with Crippen molar-refractivity contribution in [2.45, 2.75) is 6.92 Å². The summed E-state index contributed by atoms with van der Waals surface area (Å²) in [4.78, 5) is 8.16. The molecule has 0 fully saturated rings. The van der Waals surface area contributed by atoms with E-state index in [0.717, 1.165) is 16.5 Å². The van der Waals surface area contributed by atoms with Crippen LogP contribution < -0.4 is 5.73 Å². The van der Waals surface area contributed by atoms with E-state index in [1.54, 1.807) is 12.4 Å². The Morgan fingerprint density at radius 3 is 3.00 bits per heavy atom. The van der Waals surface area contributed by atoms with Crippen molar-refractivity contribution in [3.8, 4) is 0 Å². The molecule has 3 nitrogen and oxygen atoms in total. The van der Waals surface area contributed by atoms with E-state index in [1.165, 1.54) is 0 Å². The smallest absolute Gasteiger partial charge is 0.123 e. The maximum absolute atomic E-state index is 5.54. The van der Waals surface area contributed by atoms with E-state index in [0.29, 0.717) is 5.82 Å². The van der Waals surface area contributed by atoms with E-state index in [1.807, 2.05) is 19.1 Å². The van der Waals surface area contributed by atoms with Crippen LogP contribution in [-0.2, 0) is 0 Å². The second-order valence-electron chi connectivity index (χ2n) is 2.73. The van der Waals surface area contributed by atoms with Gasteiger partial charge >= 0.3 is 0 Å². The highest BCUT2D eigenvalue weighted by molar-refractivity contribution is 5.85.